The van der Waals surface area contributed by atoms with E-state index in [1.54, 1.807) is 16.7 Å². The molecule has 4 rings (SSSR count). The summed E-state index contributed by atoms with van der Waals surface area (Å²) in [6, 6.07) is 17.6. The van der Waals surface area contributed by atoms with Crippen molar-refractivity contribution < 1.29 is 9.59 Å². The maximum atomic E-state index is 13.1. The smallest absolute Gasteiger partial charge is 0.274 e. The third kappa shape index (κ3) is 3.37. The molecule has 2 amide bonds. The Morgan fingerprint density at radius 1 is 1.04 bits per heavy atom. The molecule has 0 radical (unpaired) electrons. The summed E-state index contributed by atoms with van der Waals surface area (Å²) in [5.41, 5.74) is 2.39. The lowest BCUT2D eigenvalue weighted by atomic mass is 10.1. The fourth-order valence-corrected chi connectivity index (χ4v) is 4.17. The van der Waals surface area contributed by atoms with E-state index in [2.05, 4.69) is 5.10 Å². The van der Waals surface area contributed by atoms with Gasteiger partial charge in [0.25, 0.3) is 5.91 Å². The predicted octanol–water partition coefficient (Wildman–Crippen LogP) is 3.30. The summed E-state index contributed by atoms with van der Waals surface area (Å²) in [6.45, 7) is 1.05. The van der Waals surface area contributed by atoms with Crippen molar-refractivity contribution in [1.82, 2.24) is 5.01 Å². The van der Waals surface area contributed by atoms with Crippen molar-refractivity contribution in [3.63, 3.8) is 0 Å². The molecule has 0 aromatic heterocycles. The van der Waals surface area contributed by atoms with E-state index in [0.717, 1.165) is 21.9 Å². The molecule has 0 unspecified atom stereocenters. The van der Waals surface area contributed by atoms with Crippen LogP contribution in [0.2, 0.25) is 0 Å². The second-order valence-corrected chi connectivity index (χ2v) is 7.39. The molecule has 2 aliphatic rings. The highest BCUT2D eigenvalue weighted by Gasteiger charge is 2.30. The third-order valence-corrected chi connectivity index (χ3v) is 5.54. The molecule has 0 N–H and O–H groups in total. The number of nitrogens with zero attached hydrogens (tertiary/aromatic N) is 3. The lowest BCUT2D eigenvalue weighted by Gasteiger charge is -2.31. The van der Waals surface area contributed by atoms with Crippen molar-refractivity contribution in [3.8, 4) is 0 Å². The van der Waals surface area contributed by atoms with Crippen LogP contribution in [0, 0.1) is 0 Å². The van der Waals surface area contributed by atoms with Crippen molar-refractivity contribution in [2.75, 3.05) is 17.2 Å². The first-order valence-electron chi connectivity index (χ1n) is 8.68. The molecule has 0 spiro atoms. The van der Waals surface area contributed by atoms with Crippen molar-refractivity contribution in [2.45, 2.75) is 24.3 Å². The Morgan fingerprint density at radius 2 is 1.81 bits per heavy atom. The van der Waals surface area contributed by atoms with Gasteiger partial charge in [0, 0.05) is 30.0 Å². The highest BCUT2D eigenvalue weighted by atomic mass is 32.2. The number of anilines is 1. The number of hydrogen-bond donors (Lipinski definition) is 0. The van der Waals surface area contributed by atoms with Crippen molar-refractivity contribution in [2.24, 2.45) is 5.10 Å². The molecule has 2 aromatic rings. The van der Waals surface area contributed by atoms with Gasteiger partial charge in [0.1, 0.15) is 5.71 Å². The summed E-state index contributed by atoms with van der Waals surface area (Å²) in [7, 11) is 0. The Kier molecular flexibility index (Phi) is 4.75. The molecule has 132 valence electrons. The van der Waals surface area contributed by atoms with E-state index in [1.165, 1.54) is 5.01 Å². The largest absolute Gasteiger partial charge is 0.305 e. The summed E-state index contributed by atoms with van der Waals surface area (Å²) in [5.74, 6) is 0.728. The first kappa shape index (κ1) is 16.8. The lowest BCUT2D eigenvalue weighted by molar-refractivity contribution is -0.132. The summed E-state index contributed by atoms with van der Waals surface area (Å²) >= 11 is 1.76. The van der Waals surface area contributed by atoms with Crippen LogP contribution in [0.1, 0.15) is 18.4 Å². The number of thioether (sulfide) groups is 1. The second kappa shape index (κ2) is 7.33. The SMILES string of the molecule is O=C1CCC(C(=O)N2CCSc3ccccc32)=NN1Cc1ccccc1. The number of benzene rings is 2. The van der Waals surface area contributed by atoms with Crippen LogP contribution in [0.5, 0.6) is 0 Å². The molecule has 2 heterocycles. The fourth-order valence-electron chi connectivity index (χ4n) is 3.17. The highest BCUT2D eigenvalue weighted by molar-refractivity contribution is 7.99. The fraction of sp³-hybridized carbons (Fsp3) is 0.250. The number of rotatable bonds is 3. The zero-order valence-corrected chi connectivity index (χ0v) is 15.1. The van der Waals surface area contributed by atoms with Gasteiger partial charge in [-0.25, -0.2) is 5.01 Å². The number of carbonyl (C=O) groups excluding carboxylic acids is 2. The molecule has 6 heteroatoms. The molecule has 0 saturated heterocycles. The summed E-state index contributed by atoms with van der Waals surface area (Å²) < 4.78 is 0. The van der Waals surface area contributed by atoms with Gasteiger partial charge in [-0.15, -0.1) is 11.8 Å². The Bertz CT molecular complexity index is 866. The van der Waals surface area contributed by atoms with Gasteiger partial charge in [0.15, 0.2) is 0 Å². The number of hydrogen-bond acceptors (Lipinski definition) is 4. The Balaban J connectivity index is 1.58. The van der Waals surface area contributed by atoms with Gasteiger partial charge in [-0.2, -0.15) is 5.10 Å². The lowest BCUT2D eigenvalue weighted by Crippen LogP contribution is -2.43. The minimum Gasteiger partial charge on any atom is -0.305 e. The molecule has 0 saturated carbocycles. The van der Waals surface area contributed by atoms with Crippen molar-refractivity contribution in [1.29, 1.82) is 0 Å². The summed E-state index contributed by atoms with van der Waals surface area (Å²) in [4.78, 5) is 28.2. The Labute approximate surface area is 156 Å². The Hall–Kier alpha value is -2.60. The van der Waals surface area contributed by atoms with E-state index >= 15 is 0 Å². The van der Waals surface area contributed by atoms with Crippen LogP contribution < -0.4 is 4.90 Å². The zero-order valence-electron chi connectivity index (χ0n) is 14.3. The highest BCUT2D eigenvalue weighted by Crippen LogP contribution is 2.34. The third-order valence-electron chi connectivity index (χ3n) is 4.50. The standard InChI is InChI=1S/C20H19N3O2S/c24-19-11-10-16(21-23(19)14-15-6-2-1-3-7-15)20(25)22-12-13-26-18-9-5-4-8-17(18)22/h1-9H,10-14H2. The predicted molar refractivity (Wildman–Crippen MR) is 103 cm³/mol. The van der Waals surface area contributed by atoms with Gasteiger partial charge in [-0.3, -0.25) is 9.59 Å². The quantitative estimate of drug-likeness (QED) is 0.839. The van der Waals surface area contributed by atoms with E-state index in [0.29, 0.717) is 31.6 Å². The van der Waals surface area contributed by atoms with Gasteiger partial charge < -0.3 is 4.90 Å². The second-order valence-electron chi connectivity index (χ2n) is 6.26. The maximum Gasteiger partial charge on any atom is 0.274 e. The van der Waals surface area contributed by atoms with E-state index < -0.39 is 0 Å². The minimum atomic E-state index is -0.0942. The normalized spacial score (nSPS) is 16.9. The minimum absolute atomic E-state index is 0.0417. The van der Waals surface area contributed by atoms with Crippen LogP contribution >= 0.6 is 11.8 Å². The number of para-hydroxylation sites is 1. The van der Waals surface area contributed by atoms with Gasteiger partial charge in [-0.05, 0) is 17.7 Å². The number of fused-ring (bicyclic) bond motifs is 1. The zero-order chi connectivity index (χ0) is 17.9. The van der Waals surface area contributed by atoms with Gasteiger partial charge >= 0.3 is 0 Å². The van der Waals surface area contributed by atoms with Crippen LogP contribution in [-0.2, 0) is 16.1 Å². The van der Waals surface area contributed by atoms with Crippen molar-refractivity contribution in [3.05, 3.63) is 60.2 Å². The van der Waals surface area contributed by atoms with E-state index in [1.807, 2.05) is 54.6 Å². The Morgan fingerprint density at radius 3 is 2.65 bits per heavy atom. The monoisotopic (exact) mass is 365 g/mol. The topological polar surface area (TPSA) is 53.0 Å². The van der Waals surface area contributed by atoms with Gasteiger partial charge in [-0.1, -0.05) is 42.5 Å². The molecule has 26 heavy (non-hydrogen) atoms. The molecule has 0 atom stereocenters. The molecule has 2 aromatic carbocycles. The average Bonchev–Trinajstić information content (AvgIpc) is 2.69. The molecular weight excluding hydrogens is 346 g/mol. The molecule has 2 aliphatic heterocycles. The molecular formula is C20H19N3O2S. The van der Waals surface area contributed by atoms with E-state index in [4.69, 9.17) is 0 Å². The summed E-state index contributed by atoms with van der Waals surface area (Å²) in [5, 5.41) is 5.84. The number of carbonyl (C=O) groups is 2. The maximum absolute atomic E-state index is 13.1. The van der Waals surface area contributed by atoms with Crippen LogP contribution in [0.15, 0.2) is 64.6 Å². The van der Waals surface area contributed by atoms with E-state index in [-0.39, 0.29) is 11.8 Å². The number of amides is 2. The van der Waals surface area contributed by atoms with Crippen LogP contribution in [-0.4, -0.2) is 34.8 Å². The van der Waals surface area contributed by atoms with Crippen LogP contribution in [0.3, 0.4) is 0 Å². The first-order valence-corrected chi connectivity index (χ1v) is 9.66. The molecule has 5 nitrogen and oxygen atoms in total. The molecule has 0 bridgehead atoms. The van der Waals surface area contributed by atoms with Gasteiger partial charge in [0.05, 0.1) is 12.2 Å². The van der Waals surface area contributed by atoms with Crippen LogP contribution in [0.25, 0.3) is 0 Å². The molecule has 0 fully saturated rings. The van der Waals surface area contributed by atoms with E-state index in [9.17, 15) is 9.59 Å². The van der Waals surface area contributed by atoms with Crippen molar-refractivity contribution >= 4 is 35.0 Å². The number of hydrazone groups is 1. The molecule has 0 aliphatic carbocycles. The van der Waals surface area contributed by atoms with Crippen LogP contribution in [0.4, 0.5) is 5.69 Å². The summed E-state index contributed by atoms with van der Waals surface area (Å²) in [6.07, 6.45) is 0.719. The van der Waals surface area contributed by atoms with Gasteiger partial charge in [0.2, 0.25) is 5.91 Å². The first-order chi connectivity index (χ1) is 12.7. The average molecular weight is 365 g/mol.